The van der Waals surface area contributed by atoms with E-state index in [1.807, 2.05) is 54.4 Å². The summed E-state index contributed by atoms with van der Waals surface area (Å²) in [5, 5.41) is 14.4. The van der Waals surface area contributed by atoms with E-state index in [0.29, 0.717) is 15.1 Å². The van der Waals surface area contributed by atoms with Gasteiger partial charge in [-0.15, -0.1) is 11.3 Å². The molecule has 0 bridgehead atoms. The van der Waals surface area contributed by atoms with Gasteiger partial charge in [-0.25, -0.2) is 0 Å². The van der Waals surface area contributed by atoms with Crippen LogP contribution in [0.2, 0.25) is 0 Å². The van der Waals surface area contributed by atoms with Crippen molar-refractivity contribution in [3.8, 4) is 0 Å². The fraction of sp³-hybridized carbons (Fsp3) is 0.250. The second-order valence-electron chi connectivity index (χ2n) is 7.77. The minimum absolute atomic E-state index is 0. The molecule has 0 N–H and O–H groups in total. The zero-order valence-electron chi connectivity index (χ0n) is 19.6. The highest BCUT2D eigenvalue weighted by molar-refractivity contribution is 7.10. The Morgan fingerprint density at radius 1 is 1.16 bits per heavy atom. The molecule has 37 heavy (non-hydrogen) atoms. The maximum atomic E-state index is 12.9. The lowest BCUT2D eigenvalue weighted by atomic mass is 10.1. The summed E-state index contributed by atoms with van der Waals surface area (Å²) in [5.74, 6) is -0.757. The first-order valence-electron chi connectivity index (χ1n) is 11.0. The minimum Gasteiger partial charge on any atom is -0.548 e. The number of aromatic nitrogens is 2. The lowest BCUT2D eigenvalue weighted by Gasteiger charge is -2.15. The molecule has 0 aliphatic carbocycles. The average Bonchev–Trinajstić information content (AvgIpc) is 3.48. The van der Waals surface area contributed by atoms with Crippen molar-refractivity contribution in [1.82, 2.24) is 9.47 Å². The van der Waals surface area contributed by atoms with E-state index in [1.54, 1.807) is 35.8 Å². The van der Waals surface area contributed by atoms with Crippen LogP contribution in [0.4, 0.5) is 0 Å². The van der Waals surface area contributed by atoms with Crippen LogP contribution in [-0.2, 0) is 22.6 Å². The average molecular weight is 540 g/mol. The van der Waals surface area contributed by atoms with Crippen molar-refractivity contribution >= 4 is 52.6 Å². The van der Waals surface area contributed by atoms with Gasteiger partial charge in [0.2, 0.25) is 0 Å². The van der Waals surface area contributed by atoms with E-state index in [0.717, 1.165) is 22.8 Å². The third-order valence-corrected chi connectivity index (χ3v) is 7.64. The van der Waals surface area contributed by atoms with Crippen molar-refractivity contribution in [3.63, 3.8) is 0 Å². The van der Waals surface area contributed by atoms with Crippen LogP contribution in [0.25, 0.3) is 23.9 Å². The molecule has 3 aromatic rings. The third kappa shape index (κ3) is 6.55. The van der Waals surface area contributed by atoms with E-state index < -0.39 is 12.5 Å². The zero-order valence-corrected chi connectivity index (χ0v) is 21.3. The SMILES string of the molecule is C.C.CC[n+]1c(C)csc1/C=C/C=c1/s/c(=C/C=C2\OC=C(c3ccccc3)N2C)c(=O)n1CC(=O)[O-]. The number of allylic oxidation sites excluding steroid dienone is 2. The number of carbonyl (C=O) groups is 1. The Bertz CT molecular complexity index is 1510. The van der Waals surface area contributed by atoms with Crippen LogP contribution in [0.3, 0.4) is 0 Å². The first-order chi connectivity index (χ1) is 16.9. The third-order valence-electron chi connectivity index (χ3n) is 5.49. The molecule has 4 rings (SSSR count). The summed E-state index contributed by atoms with van der Waals surface area (Å²) >= 11 is 2.85. The lowest BCUT2D eigenvalue weighted by Crippen LogP contribution is -2.38. The number of hydrogen-bond donors (Lipinski definition) is 0. The molecule has 9 heteroatoms. The van der Waals surface area contributed by atoms with Gasteiger partial charge in [0.25, 0.3) is 10.6 Å². The number of nitrogens with zero attached hydrogens (tertiary/aromatic N) is 3. The summed E-state index contributed by atoms with van der Waals surface area (Å²) in [7, 11) is 1.88. The van der Waals surface area contributed by atoms with Gasteiger partial charge in [-0.3, -0.25) is 9.36 Å². The predicted octanol–water partition coefficient (Wildman–Crippen LogP) is 2.69. The fourth-order valence-corrected chi connectivity index (χ4v) is 5.65. The van der Waals surface area contributed by atoms with Gasteiger partial charge in [0.05, 0.1) is 32.8 Å². The number of rotatable bonds is 7. The molecule has 0 unspecified atom stereocenters. The van der Waals surface area contributed by atoms with Crippen LogP contribution < -0.4 is 24.4 Å². The number of ether oxygens (including phenoxy) is 1. The smallest absolute Gasteiger partial charge is 0.269 e. The summed E-state index contributed by atoms with van der Waals surface area (Å²) in [5.41, 5.74) is 2.71. The summed E-state index contributed by atoms with van der Waals surface area (Å²) < 4.78 is 10.0. The molecule has 2 aromatic heterocycles. The summed E-state index contributed by atoms with van der Waals surface area (Å²) in [6, 6.07) is 9.84. The van der Waals surface area contributed by atoms with Crippen molar-refractivity contribution in [2.75, 3.05) is 7.05 Å². The van der Waals surface area contributed by atoms with Crippen LogP contribution in [-0.4, -0.2) is 22.5 Å². The number of carbonyl (C=O) groups excluding carboxylic acids is 1. The van der Waals surface area contributed by atoms with Crippen molar-refractivity contribution in [3.05, 3.63) is 95.8 Å². The molecule has 196 valence electrons. The van der Waals surface area contributed by atoms with Crippen molar-refractivity contribution in [2.24, 2.45) is 0 Å². The molecule has 0 saturated carbocycles. The fourth-order valence-electron chi connectivity index (χ4n) is 3.71. The van der Waals surface area contributed by atoms with E-state index in [-0.39, 0.29) is 20.4 Å². The molecule has 0 atom stereocenters. The minimum atomic E-state index is -1.32. The maximum Gasteiger partial charge on any atom is 0.269 e. The quantitative estimate of drug-likeness (QED) is 0.432. The highest BCUT2D eigenvalue weighted by atomic mass is 32.1. The van der Waals surface area contributed by atoms with Gasteiger partial charge >= 0.3 is 0 Å². The Hall–Kier alpha value is -3.69. The van der Waals surface area contributed by atoms with E-state index in [4.69, 9.17) is 4.74 Å². The first-order valence-corrected chi connectivity index (χ1v) is 12.7. The number of carboxylic acids is 1. The monoisotopic (exact) mass is 539 g/mol. The molecule has 0 saturated heterocycles. The molecule has 1 aromatic carbocycles. The van der Waals surface area contributed by atoms with E-state index in [2.05, 4.69) is 23.8 Å². The van der Waals surface area contributed by atoms with E-state index in [1.165, 1.54) is 21.6 Å². The summed E-state index contributed by atoms with van der Waals surface area (Å²) in [4.78, 5) is 26.1. The zero-order chi connectivity index (χ0) is 24.9. The van der Waals surface area contributed by atoms with Crippen LogP contribution in [0.5, 0.6) is 0 Å². The van der Waals surface area contributed by atoms with Crippen LogP contribution in [0.1, 0.15) is 38.0 Å². The molecule has 1 aliphatic rings. The summed E-state index contributed by atoms with van der Waals surface area (Å²) in [6.45, 7) is 4.48. The molecule has 7 nitrogen and oxygen atoms in total. The normalized spacial score (nSPS) is 15.1. The second-order valence-corrected chi connectivity index (χ2v) is 9.72. The first kappa shape index (κ1) is 29.5. The Balaban J connectivity index is 0.00000241. The van der Waals surface area contributed by atoms with Gasteiger partial charge in [-0.1, -0.05) is 62.6 Å². The molecule has 0 fully saturated rings. The van der Waals surface area contributed by atoms with Gasteiger partial charge in [0.15, 0.2) is 11.6 Å². The highest BCUT2D eigenvalue weighted by Gasteiger charge is 2.19. The van der Waals surface area contributed by atoms with Gasteiger partial charge in [-0.2, -0.15) is 4.57 Å². The Labute approximate surface area is 225 Å². The molecular formula is C28H33N3O4S2. The predicted molar refractivity (Wildman–Crippen MR) is 151 cm³/mol. The Morgan fingerprint density at radius 3 is 2.57 bits per heavy atom. The van der Waals surface area contributed by atoms with Gasteiger partial charge in [-0.05, 0) is 19.1 Å². The molecular weight excluding hydrogens is 506 g/mol. The number of aliphatic carboxylic acids is 1. The molecule has 0 spiro atoms. The maximum absolute atomic E-state index is 12.9. The Kier molecular flexibility index (Phi) is 10.4. The van der Waals surface area contributed by atoms with Crippen molar-refractivity contribution < 1.29 is 19.2 Å². The number of aryl methyl sites for hydroxylation is 1. The van der Waals surface area contributed by atoms with Crippen LogP contribution in [0, 0.1) is 6.92 Å². The number of carboxylic acid groups (broad SMARTS) is 1. The van der Waals surface area contributed by atoms with Crippen LogP contribution in [0.15, 0.2) is 64.8 Å². The lowest BCUT2D eigenvalue weighted by molar-refractivity contribution is -0.696. The number of hydrogen-bond acceptors (Lipinski definition) is 7. The highest BCUT2D eigenvalue weighted by Crippen LogP contribution is 2.28. The van der Waals surface area contributed by atoms with Crippen molar-refractivity contribution in [2.45, 2.75) is 41.8 Å². The Morgan fingerprint density at radius 2 is 1.89 bits per heavy atom. The standard InChI is InChI=1S/C26H25N3O4S2.2CH4/c1-4-28-18(2)17-34-23(28)11-8-12-24-29(15-25(30)31)26(32)21(35-24)13-14-22-27(3)20(16-33-22)19-9-6-5-7-10-19;;/h5-14,16-17H,4,15H2,1-3H3;2*1H4/b21-13+,22-14-;;. The van der Waals surface area contributed by atoms with Gasteiger partial charge in [0.1, 0.15) is 12.8 Å². The molecule has 0 amide bonds. The van der Waals surface area contributed by atoms with E-state index >= 15 is 0 Å². The van der Waals surface area contributed by atoms with Crippen LogP contribution >= 0.6 is 22.7 Å². The topological polar surface area (TPSA) is 78.5 Å². The number of benzene rings is 1. The molecule has 3 heterocycles. The number of thiazole rings is 2. The van der Waals surface area contributed by atoms with Gasteiger partial charge < -0.3 is 19.5 Å². The van der Waals surface area contributed by atoms with Crippen molar-refractivity contribution in [1.29, 1.82) is 0 Å². The molecule has 0 radical (unpaired) electrons. The summed E-state index contributed by atoms with van der Waals surface area (Å²) in [6.07, 6.45) is 10.6. The second kappa shape index (κ2) is 13.0. The van der Waals surface area contributed by atoms with Gasteiger partial charge in [0, 0.05) is 31.7 Å². The molecule has 1 aliphatic heterocycles. The largest absolute Gasteiger partial charge is 0.548 e. The van der Waals surface area contributed by atoms with E-state index in [9.17, 15) is 14.7 Å².